The fourth-order valence-electron chi connectivity index (χ4n) is 1.41. The summed E-state index contributed by atoms with van der Waals surface area (Å²) in [6, 6.07) is 0.140. The lowest BCUT2D eigenvalue weighted by molar-refractivity contribution is -0.156. The van der Waals surface area contributed by atoms with Crippen LogP contribution in [0.2, 0.25) is 0 Å². The van der Waals surface area contributed by atoms with Crippen molar-refractivity contribution >= 4 is 5.97 Å². The molecule has 0 amide bonds. The Balaban J connectivity index is 2.36. The van der Waals surface area contributed by atoms with Gasteiger partial charge in [0.2, 0.25) is 0 Å². The number of carboxylic acids is 1. The Bertz CT molecular complexity index is 217. The van der Waals surface area contributed by atoms with E-state index in [2.05, 4.69) is 5.32 Å². The first-order chi connectivity index (χ1) is 6.43. The van der Waals surface area contributed by atoms with Crippen LogP contribution in [0.25, 0.3) is 0 Å². The monoisotopic (exact) mass is 203 g/mol. The summed E-state index contributed by atoms with van der Waals surface area (Å²) in [5, 5.41) is 21.1. The van der Waals surface area contributed by atoms with E-state index in [1.54, 1.807) is 0 Å². The van der Waals surface area contributed by atoms with E-state index in [1.165, 1.54) is 6.92 Å². The summed E-state index contributed by atoms with van der Waals surface area (Å²) in [6.07, 6.45) is 0.941. The van der Waals surface area contributed by atoms with Gasteiger partial charge < -0.3 is 20.3 Å². The van der Waals surface area contributed by atoms with Crippen molar-refractivity contribution < 1.29 is 19.7 Å². The predicted molar refractivity (Wildman–Crippen MR) is 50.1 cm³/mol. The highest BCUT2D eigenvalue weighted by molar-refractivity contribution is 5.76. The number of aliphatic hydroxyl groups is 1. The molecule has 0 saturated carbocycles. The normalized spacial score (nSPS) is 31.4. The van der Waals surface area contributed by atoms with Crippen LogP contribution in [0, 0.1) is 0 Å². The maximum Gasteiger partial charge on any atom is 0.336 e. The molecule has 3 unspecified atom stereocenters. The molecule has 1 aliphatic rings. The molecule has 0 bridgehead atoms. The molecular weight excluding hydrogens is 186 g/mol. The SMILES string of the molecule is CC1OCCC1NCC(C)(O)C(=O)O. The molecule has 14 heavy (non-hydrogen) atoms. The zero-order valence-corrected chi connectivity index (χ0v) is 8.49. The van der Waals surface area contributed by atoms with Gasteiger partial charge in [0.15, 0.2) is 5.60 Å². The number of rotatable bonds is 4. The number of ether oxygens (including phenoxy) is 1. The summed E-state index contributed by atoms with van der Waals surface area (Å²) >= 11 is 0. The highest BCUT2D eigenvalue weighted by Crippen LogP contribution is 2.13. The zero-order chi connectivity index (χ0) is 10.8. The minimum Gasteiger partial charge on any atom is -0.479 e. The van der Waals surface area contributed by atoms with E-state index in [0.29, 0.717) is 6.61 Å². The van der Waals surface area contributed by atoms with Gasteiger partial charge in [0.25, 0.3) is 0 Å². The van der Waals surface area contributed by atoms with Gasteiger partial charge in [-0.1, -0.05) is 0 Å². The Hall–Kier alpha value is -0.650. The first kappa shape index (κ1) is 11.4. The molecular formula is C9H17NO4. The molecule has 5 nitrogen and oxygen atoms in total. The molecule has 5 heteroatoms. The third-order valence-electron chi connectivity index (χ3n) is 2.55. The van der Waals surface area contributed by atoms with Gasteiger partial charge in [-0.2, -0.15) is 0 Å². The highest BCUT2D eigenvalue weighted by Gasteiger charge is 2.32. The third-order valence-corrected chi connectivity index (χ3v) is 2.55. The Morgan fingerprint density at radius 1 is 1.71 bits per heavy atom. The van der Waals surface area contributed by atoms with Crippen molar-refractivity contribution in [2.24, 2.45) is 0 Å². The largest absolute Gasteiger partial charge is 0.479 e. The zero-order valence-electron chi connectivity index (χ0n) is 8.49. The van der Waals surface area contributed by atoms with Crippen LogP contribution >= 0.6 is 0 Å². The summed E-state index contributed by atoms with van der Waals surface area (Å²) in [5.74, 6) is -1.21. The number of hydrogen-bond donors (Lipinski definition) is 3. The third kappa shape index (κ3) is 2.67. The molecule has 82 valence electrons. The van der Waals surface area contributed by atoms with Crippen molar-refractivity contribution in [3.05, 3.63) is 0 Å². The van der Waals surface area contributed by atoms with Crippen LogP contribution < -0.4 is 5.32 Å². The Morgan fingerprint density at radius 2 is 2.36 bits per heavy atom. The smallest absolute Gasteiger partial charge is 0.336 e. The topological polar surface area (TPSA) is 78.8 Å². The maximum absolute atomic E-state index is 10.6. The molecule has 3 N–H and O–H groups in total. The van der Waals surface area contributed by atoms with E-state index in [0.717, 1.165) is 6.42 Å². The first-order valence-corrected chi connectivity index (χ1v) is 4.74. The first-order valence-electron chi connectivity index (χ1n) is 4.74. The predicted octanol–water partition coefficient (Wildman–Crippen LogP) is -0.411. The molecule has 0 aromatic rings. The van der Waals surface area contributed by atoms with Crippen LogP contribution in [0.15, 0.2) is 0 Å². The van der Waals surface area contributed by atoms with E-state index in [4.69, 9.17) is 9.84 Å². The van der Waals surface area contributed by atoms with Gasteiger partial charge in [-0.15, -0.1) is 0 Å². The van der Waals surface area contributed by atoms with Gasteiger partial charge in [0, 0.05) is 19.2 Å². The highest BCUT2D eigenvalue weighted by atomic mass is 16.5. The molecule has 3 atom stereocenters. The van der Waals surface area contributed by atoms with Crippen LogP contribution in [0.5, 0.6) is 0 Å². The van der Waals surface area contributed by atoms with E-state index in [-0.39, 0.29) is 18.7 Å². The van der Waals surface area contributed by atoms with Gasteiger partial charge in [0.1, 0.15) is 0 Å². The minimum atomic E-state index is -1.71. The second-order valence-corrected chi connectivity index (χ2v) is 3.93. The van der Waals surface area contributed by atoms with E-state index in [9.17, 15) is 9.90 Å². The lowest BCUT2D eigenvalue weighted by Crippen LogP contribution is -2.49. The van der Waals surface area contributed by atoms with Crippen LogP contribution in [0.3, 0.4) is 0 Å². The average molecular weight is 203 g/mol. The van der Waals surface area contributed by atoms with E-state index < -0.39 is 11.6 Å². The fourth-order valence-corrected chi connectivity index (χ4v) is 1.41. The maximum atomic E-state index is 10.6. The second-order valence-electron chi connectivity index (χ2n) is 3.93. The Kier molecular flexibility index (Phi) is 3.47. The van der Waals surface area contributed by atoms with Crippen LogP contribution in [0.4, 0.5) is 0 Å². The van der Waals surface area contributed by atoms with Crippen LogP contribution in [0.1, 0.15) is 20.3 Å². The van der Waals surface area contributed by atoms with Crippen molar-refractivity contribution in [3.8, 4) is 0 Å². The number of hydrogen-bond acceptors (Lipinski definition) is 4. The Morgan fingerprint density at radius 3 is 2.79 bits per heavy atom. The van der Waals surface area contributed by atoms with Crippen molar-refractivity contribution in [1.29, 1.82) is 0 Å². The molecule has 1 fully saturated rings. The molecule has 1 heterocycles. The van der Waals surface area contributed by atoms with E-state index >= 15 is 0 Å². The van der Waals surface area contributed by atoms with Gasteiger partial charge in [-0.25, -0.2) is 4.79 Å². The fraction of sp³-hybridized carbons (Fsp3) is 0.889. The van der Waals surface area contributed by atoms with Crippen LogP contribution in [-0.4, -0.2) is 47.1 Å². The van der Waals surface area contributed by atoms with Gasteiger partial charge in [-0.3, -0.25) is 0 Å². The van der Waals surface area contributed by atoms with Gasteiger partial charge >= 0.3 is 5.97 Å². The number of carboxylic acid groups (broad SMARTS) is 1. The lowest BCUT2D eigenvalue weighted by Gasteiger charge is -2.22. The molecule has 1 rings (SSSR count). The Labute approximate surface area is 83.1 Å². The molecule has 1 saturated heterocycles. The summed E-state index contributed by atoms with van der Waals surface area (Å²) in [4.78, 5) is 10.6. The van der Waals surface area contributed by atoms with Crippen molar-refractivity contribution in [3.63, 3.8) is 0 Å². The average Bonchev–Trinajstić information content (AvgIpc) is 2.47. The number of aliphatic carboxylic acids is 1. The van der Waals surface area contributed by atoms with E-state index in [1.807, 2.05) is 6.92 Å². The van der Waals surface area contributed by atoms with Crippen LogP contribution in [-0.2, 0) is 9.53 Å². The molecule has 0 aliphatic carbocycles. The molecule has 1 aliphatic heterocycles. The quantitative estimate of drug-likeness (QED) is 0.579. The summed E-state index contributed by atoms with van der Waals surface area (Å²) in [6.45, 7) is 3.94. The minimum absolute atomic E-state index is 0.0424. The summed E-state index contributed by atoms with van der Waals surface area (Å²) in [7, 11) is 0. The van der Waals surface area contributed by atoms with Crippen molar-refractivity contribution in [2.45, 2.75) is 38.0 Å². The lowest BCUT2D eigenvalue weighted by atomic mass is 10.1. The molecule has 0 aromatic carbocycles. The van der Waals surface area contributed by atoms with Gasteiger partial charge in [0.05, 0.1) is 6.10 Å². The van der Waals surface area contributed by atoms with Crippen molar-refractivity contribution in [1.82, 2.24) is 5.32 Å². The molecule has 0 spiro atoms. The molecule has 0 aromatic heterocycles. The van der Waals surface area contributed by atoms with Gasteiger partial charge in [-0.05, 0) is 20.3 Å². The summed E-state index contributed by atoms with van der Waals surface area (Å²) < 4.78 is 5.30. The standard InChI is InChI=1S/C9H17NO4/c1-6-7(3-4-14-6)10-5-9(2,13)8(11)12/h6-7,10,13H,3-5H2,1-2H3,(H,11,12). The second kappa shape index (κ2) is 4.25. The summed E-state index contributed by atoms with van der Waals surface area (Å²) in [5.41, 5.74) is -1.71. The van der Waals surface area contributed by atoms with Crippen molar-refractivity contribution in [2.75, 3.05) is 13.2 Å². The molecule has 0 radical (unpaired) electrons. The number of carbonyl (C=O) groups is 1. The number of nitrogens with one attached hydrogen (secondary N) is 1.